The highest BCUT2D eigenvalue weighted by Crippen LogP contribution is 2.16. The van der Waals surface area contributed by atoms with Crippen LogP contribution in [0.3, 0.4) is 0 Å². The molecule has 2 aromatic heterocycles. The fourth-order valence-electron chi connectivity index (χ4n) is 2.32. The minimum atomic E-state index is -0.419. The first-order chi connectivity index (χ1) is 11.6. The molecular weight excluding hydrogens is 302 g/mol. The van der Waals surface area contributed by atoms with E-state index in [9.17, 15) is 9.59 Å². The highest BCUT2D eigenvalue weighted by atomic mass is 16.2. The second kappa shape index (κ2) is 6.91. The molecule has 1 aromatic carbocycles. The van der Waals surface area contributed by atoms with Crippen LogP contribution in [0.5, 0.6) is 0 Å². The van der Waals surface area contributed by atoms with Gasteiger partial charge in [-0.25, -0.2) is 0 Å². The Morgan fingerprint density at radius 3 is 2.54 bits per heavy atom. The molecule has 24 heavy (non-hydrogen) atoms. The maximum atomic E-state index is 12.2. The summed E-state index contributed by atoms with van der Waals surface area (Å²) in [4.78, 5) is 31.3. The predicted octanol–water partition coefficient (Wildman–Crippen LogP) is 2.68. The second-order valence-corrected chi connectivity index (χ2v) is 5.48. The summed E-state index contributed by atoms with van der Waals surface area (Å²) in [6.45, 7) is 2.28. The summed E-state index contributed by atoms with van der Waals surface area (Å²) in [5.74, 6) is -0.419. The van der Waals surface area contributed by atoms with Gasteiger partial charge in [-0.15, -0.1) is 0 Å². The maximum absolute atomic E-state index is 12.2. The highest BCUT2D eigenvalue weighted by Gasteiger charge is 2.11. The normalized spacial score (nSPS) is 10.4. The number of nitrogens with one attached hydrogen (secondary N) is 2. The van der Waals surface area contributed by atoms with Gasteiger partial charge in [0.25, 0.3) is 11.5 Å². The van der Waals surface area contributed by atoms with Gasteiger partial charge < -0.3 is 10.3 Å². The van der Waals surface area contributed by atoms with Gasteiger partial charge in [0.05, 0.1) is 12.2 Å². The lowest BCUT2D eigenvalue weighted by molar-refractivity contribution is 0.0949. The average Bonchev–Trinajstić information content (AvgIpc) is 2.61. The molecular formula is C19H17N3O2. The summed E-state index contributed by atoms with van der Waals surface area (Å²) < 4.78 is 0. The molecule has 0 bridgehead atoms. The van der Waals surface area contributed by atoms with Crippen LogP contribution in [-0.2, 0) is 6.54 Å². The Morgan fingerprint density at radius 1 is 1.08 bits per heavy atom. The van der Waals surface area contributed by atoms with Crippen molar-refractivity contribution in [1.82, 2.24) is 15.3 Å². The van der Waals surface area contributed by atoms with Crippen molar-refractivity contribution in [1.29, 1.82) is 0 Å². The first kappa shape index (κ1) is 15.7. The zero-order chi connectivity index (χ0) is 16.9. The van der Waals surface area contributed by atoms with E-state index in [1.807, 2.05) is 43.3 Å². The summed E-state index contributed by atoms with van der Waals surface area (Å²) in [6.07, 6.45) is 1.66. The largest absolute Gasteiger partial charge is 0.346 e. The number of amides is 1. The Morgan fingerprint density at radius 2 is 1.88 bits per heavy atom. The standard InChI is InChI=1S/C19H17N3O2/c1-13-5-7-14(8-6-13)17-10-9-16(19(24)22-17)18(23)21-12-15-4-2-3-11-20-15/h2-11H,12H2,1H3,(H,21,23)(H,22,24). The number of nitrogens with zero attached hydrogens (tertiary/aromatic N) is 1. The lowest BCUT2D eigenvalue weighted by Crippen LogP contribution is -2.29. The maximum Gasteiger partial charge on any atom is 0.261 e. The fourth-order valence-corrected chi connectivity index (χ4v) is 2.32. The van der Waals surface area contributed by atoms with Crippen LogP contribution in [0.1, 0.15) is 21.6 Å². The minimum Gasteiger partial charge on any atom is -0.346 e. The van der Waals surface area contributed by atoms with E-state index < -0.39 is 11.5 Å². The van der Waals surface area contributed by atoms with E-state index in [-0.39, 0.29) is 12.1 Å². The fraction of sp³-hybridized carbons (Fsp3) is 0.105. The number of carbonyl (C=O) groups is 1. The van der Waals surface area contributed by atoms with E-state index in [4.69, 9.17) is 0 Å². The summed E-state index contributed by atoms with van der Waals surface area (Å²) >= 11 is 0. The molecule has 5 nitrogen and oxygen atoms in total. The van der Waals surface area contributed by atoms with Crippen LogP contribution in [-0.4, -0.2) is 15.9 Å². The molecule has 0 atom stereocenters. The number of aromatic nitrogens is 2. The number of rotatable bonds is 4. The van der Waals surface area contributed by atoms with Crippen molar-refractivity contribution in [3.05, 3.63) is 88.0 Å². The van der Waals surface area contributed by atoms with Crippen LogP contribution in [0.2, 0.25) is 0 Å². The molecule has 0 unspecified atom stereocenters. The molecule has 0 aliphatic carbocycles. The lowest BCUT2D eigenvalue weighted by Gasteiger charge is -2.06. The smallest absolute Gasteiger partial charge is 0.261 e. The van der Waals surface area contributed by atoms with Gasteiger partial charge in [-0.3, -0.25) is 14.6 Å². The molecule has 5 heteroatoms. The van der Waals surface area contributed by atoms with E-state index in [1.54, 1.807) is 24.4 Å². The molecule has 2 heterocycles. The monoisotopic (exact) mass is 319 g/mol. The average molecular weight is 319 g/mol. The van der Waals surface area contributed by atoms with Crippen molar-refractivity contribution in [2.75, 3.05) is 0 Å². The number of H-pyrrole nitrogens is 1. The zero-order valence-corrected chi connectivity index (χ0v) is 13.2. The third kappa shape index (κ3) is 3.57. The van der Waals surface area contributed by atoms with Crippen LogP contribution >= 0.6 is 0 Å². The number of aromatic amines is 1. The molecule has 3 aromatic rings. The first-order valence-corrected chi connectivity index (χ1v) is 7.62. The number of pyridine rings is 2. The van der Waals surface area contributed by atoms with Gasteiger partial charge in [0.2, 0.25) is 0 Å². The van der Waals surface area contributed by atoms with Crippen LogP contribution in [0.25, 0.3) is 11.3 Å². The zero-order valence-electron chi connectivity index (χ0n) is 13.2. The van der Waals surface area contributed by atoms with Gasteiger partial charge >= 0.3 is 0 Å². The molecule has 0 aliphatic heterocycles. The number of hydrogen-bond donors (Lipinski definition) is 2. The number of benzene rings is 1. The number of hydrogen-bond acceptors (Lipinski definition) is 3. The SMILES string of the molecule is Cc1ccc(-c2ccc(C(=O)NCc3ccccn3)c(=O)[nH]2)cc1. The van der Waals surface area contributed by atoms with E-state index in [0.29, 0.717) is 5.69 Å². The van der Waals surface area contributed by atoms with E-state index in [0.717, 1.165) is 16.8 Å². The van der Waals surface area contributed by atoms with Gasteiger partial charge in [0, 0.05) is 11.9 Å². The second-order valence-electron chi connectivity index (χ2n) is 5.48. The molecule has 0 saturated carbocycles. The number of carbonyl (C=O) groups excluding carboxylic acids is 1. The Kier molecular flexibility index (Phi) is 4.52. The van der Waals surface area contributed by atoms with E-state index in [2.05, 4.69) is 15.3 Å². The summed E-state index contributed by atoms with van der Waals surface area (Å²) in [7, 11) is 0. The summed E-state index contributed by atoms with van der Waals surface area (Å²) in [5, 5.41) is 2.70. The van der Waals surface area contributed by atoms with Crippen LogP contribution in [0.15, 0.2) is 65.6 Å². The third-order valence-corrected chi connectivity index (χ3v) is 3.67. The van der Waals surface area contributed by atoms with Gasteiger partial charge in [-0.2, -0.15) is 0 Å². The van der Waals surface area contributed by atoms with Gasteiger partial charge in [-0.1, -0.05) is 35.9 Å². The third-order valence-electron chi connectivity index (χ3n) is 3.67. The lowest BCUT2D eigenvalue weighted by atomic mass is 10.1. The summed E-state index contributed by atoms with van der Waals surface area (Å²) in [6, 6.07) is 16.6. The van der Waals surface area contributed by atoms with Crippen molar-refractivity contribution in [3.8, 4) is 11.3 Å². The van der Waals surface area contributed by atoms with Crippen LogP contribution in [0.4, 0.5) is 0 Å². The molecule has 0 saturated heterocycles. The Labute approximate surface area is 139 Å². The molecule has 120 valence electrons. The topological polar surface area (TPSA) is 74.8 Å². The quantitative estimate of drug-likeness (QED) is 0.776. The Balaban J connectivity index is 1.76. The minimum absolute atomic E-state index is 0.0850. The Hall–Kier alpha value is -3.21. The van der Waals surface area contributed by atoms with E-state index in [1.165, 1.54) is 0 Å². The number of aryl methyl sites for hydroxylation is 1. The molecule has 0 spiro atoms. The van der Waals surface area contributed by atoms with Crippen LogP contribution in [0, 0.1) is 6.92 Å². The summed E-state index contributed by atoms with van der Waals surface area (Å²) in [5.41, 5.74) is 3.14. The Bertz CT molecular complexity index is 900. The van der Waals surface area contributed by atoms with Crippen molar-refractivity contribution >= 4 is 5.91 Å². The van der Waals surface area contributed by atoms with Crippen molar-refractivity contribution < 1.29 is 4.79 Å². The van der Waals surface area contributed by atoms with Crippen molar-refractivity contribution in [2.45, 2.75) is 13.5 Å². The predicted molar refractivity (Wildman–Crippen MR) is 92.6 cm³/mol. The van der Waals surface area contributed by atoms with Crippen molar-refractivity contribution in [3.63, 3.8) is 0 Å². The first-order valence-electron chi connectivity index (χ1n) is 7.62. The van der Waals surface area contributed by atoms with Gasteiger partial charge in [-0.05, 0) is 36.8 Å². The van der Waals surface area contributed by atoms with Gasteiger partial charge in [0.1, 0.15) is 5.56 Å². The van der Waals surface area contributed by atoms with E-state index >= 15 is 0 Å². The highest BCUT2D eigenvalue weighted by molar-refractivity contribution is 5.94. The van der Waals surface area contributed by atoms with Gasteiger partial charge in [0.15, 0.2) is 0 Å². The molecule has 2 N–H and O–H groups in total. The molecule has 3 rings (SSSR count). The van der Waals surface area contributed by atoms with Crippen molar-refractivity contribution in [2.24, 2.45) is 0 Å². The van der Waals surface area contributed by atoms with Crippen LogP contribution < -0.4 is 10.9 Å². The molecule has 1 amide bonds. The molecule has 0 aliphatic rings. The molecule has 0 fully saturated rings. The molecule has 0 radical (unpaired) electrons.